The Labute approximate surface area is 149 Å². The Morgan fingerprint density at radius 2 is 2.00 bits per heavy atom. The molecule has 138 valence electrons. The lowest BCUT2D eigenvalue weighted by Gasteiger charge is -2.23. The van der Waals surface area contributed by atoms with Gasteiger partial charge in [-0.3, -0.25) is 5.26 Å². The van der Waals surface area contributed by atoms with Crippen molar-refractivity contribution < 1.29 is 24.4 Å². The molecule has 0 aromatic heterocycles. The minimum absolute atomic E-state index is 0.0775. The number of fused-ring (bicyclic) bond motifs is 2. The first-order chi connectivity index (χ1) is 11.8. The molecule has 3 rings (SSSR count). The summed E-state index contributed by atoms with van der Waals surface area (Å²) < 4.78 is 11.3. The van der Waals surface area contributed by atoms with Crippen LogP contribution in [0.4, 0.5) is 0 Å². The van der Waals surface area contributed by atoms with Crippen LogP contribution in [-0.4, -0.2) is 28.5 Å². The summed E-state index contributed by atoms with van der Waals surface area (Å²) in [6.45, 7) is 7.86. The van der Waals surface area contributed by atoms with E-state index in [4.69, 9.17) is 14.4 Å². The third-order valence-electron chi connectivity index (χ3n) is 5.75. The normalized spacial score (nSPS) is 36.7. The second kappa shape index (κ2) is 6.71. The third-order valence-corrected chi connectivity index (χ3v) is 5.75. The van der Waals surface area contributed by atoms with Gasteiger partial charge in [-0.15, -0.1) is 0 Å². The smallest absolute Gasteiger partial charge is 0.339 e. The molecule has 0 saturated carbocycles. The van der Waals surface area contributed by atoms with Crippen molar-refractivity contribution in [2.45, 2.75) is 83.5 Å². The highest BCUT2D eigenvalue weighted by Crippen LogP contribution is 2.45. The zero-order valence-electron chi connectivity index (χ0n) is 15.6. The van der Waals surface area contributed by atoms with Gasteiger partial charge >= 0.3 is 5.97 Å². The Kier molecular flexibility index (Phi) is 4.93. The Morgan fingerprint density at radius 1 is 1.24 bits per heavy atom. The van der Waals surface area contributed by atoms with E-state index < -0.39 is 5.60 Å². The molecular weight excluding hydrogens is 320 g/mol. The molecule has 0 spiro atoms. The average molecular weight is 348 g/mol. The summed E-state index contributed by atoms with van der Waals surface area (Å²) in [5.74, 6) is 0.203. The lowest BCUT2D eigenvalue weighted by molar-refractivity contribution is -0.304. The Hall–Kier alpha value is -1.43. The maximum Gasteiger partial charge on any atom is 0.339 e. The van der Waals surface area contributed by atoms with Crippen LogP contribution in [0, 0.1) is 0 Å². The van der Waals surface area contributed by atoms with E-state index in [0.717, 1.165) is 37.7 Å². The monoisotopic (exact) mass is 348 g/mol. The molecule has 0 amide bonds. The second-order valence-corrected chi connectivity index (χ2v) is 7.95. The predicted octanol–water partition coefficient (Wildman–Crippen LogP) is 4.45. The maximum absolute atomic E-state index is 12.0. The molecule has 0 radical (unpaired) electrons. The summed E-state index contributed by atoms with van der Waals surface area (Å²) in [6.07, 6.45) is 9.16. The molecule has 5 nitrogen and oxygen atoms in total. The van der Waals surface area contributed by atoms with Gasteiger partial charge in [0, 0.05) is 11.1 Å². The summed E-state index contributed by atoms with van der Waals surface area (Å²) >= 11 is 0. The van der Waals surface area contributed by atoms with Gasteiger partial charge < -0.3 is 9.47 Å². The van der Waals surface area contributed by atoms with Crippen molar-refractivity contribution in [3.8, 4) is 0 Å². The quantitative estimate of drug-likeness (QED) is 0.249. The molecule has 2 heterocycles. The van der Waals surface area contributed by atoms with E-state index in [1.54, 1.807) is 19.9 Å². The van der Waals surface area contributed by atoms with Gasteiger partial charge in [0.2, 0.25) is 0 Å². The summed E-state index contributed by atoms with van der Waals surface area (Å²) in [6, 6.07) is 0. The number of carbonyl (C=O) groups excluding carboxylic acids is 1. The van der Waals surface area contributed by atoms with E-state index in [1.165, 1.54) is 5.57 Å². The molecule has 3 aliphatic rings. The molecule has 25 heavy (non-hydrogen) atoms. The van der Waals surface area contributed by atoms with Crippen LogP contribution in [0.25, 0.3) is 0 Å². The van der Waals surface area contributed by atoms with Gasteiger partial charge in [-0.25, -0.2) is 9.68 Å². The molecule has 0 bridgehead atoms. The fourth-order valence-electron chi connectivity index (χ4n) is 3.72. The van der Waals surface area contributed by atoms with Crippen LogP contribution >= 0.6 is 0 Å². The number of epoxide rings is 1. The van der Waals surface area contributed by atoms with Crippen LogP contribution in [0.15, 0.2) is 34.6 Å². The Bertz CT molecular complexity index is 659. The molecule has 1 fully saturated rings. The topological polar surface area (TPSA) is 68.3 Å². The first kappa shape index (κ1) is 18.4. The Balaban J connectivity index is 1.90. The van der Waals surface area contributed by atoms with E-state index in [9.17, 15) is 10.1 Å². The fraction of sp³-hybridized carbons (Fsp3) is 0.650. The van der Waals surface area contributed by atoms with Gasteiger partial charge in [0.05, 0.1) is 11.7 Å². The number of ether oxygens (including phenoxy) is 2. The lowest BCUT2D eigenvalue weighted by atomic mass is 9.90. The summed E-state index contributed by atoms with van der Waals surface area (Å²) in [4.78, 5) is 16.8. The molecule has 1 saturated heterocycles. The SMILES string of the molecule is CC1=CCCC2(C)OC2CCC(C)(OO)C=C2OC(=O)C(C)=C2CC1. The van der Waals surface area contributed by atoms with Crippen molar-refractivity contribution >= 4 is 5.97 Å². The van der Waals surface area contributed by atoms with Crippen LogP contribution in [0.1, 0.15) is 66.2 Å². The van der Waals surface area contributed by atoms with Crippen molar-refractivity contribution in [1.82, 2.24) is 0 Å². The van der Waals surface area contributed by atoms with Crippen LogP contribution in [-0.2, 0) is 19.2 Å². The molecule has 3 atom stereocenters. The summed E-state index contributed by atoms with van der Waals surface area (Å²) in [7, 11) is 0. The van der Waals surface area contributed by atoms with E-state index >= 15 is 0 Å². The summed E-state index contributed by atoms with van der Waals surface area (Å²) in [5.41, 5.74) is 1.87. The van der Waals surface area contributed by atoms with Crippen molar-refractivity contribution in [2.75, 3.05) is 0 Å². The van der Waals surface area contributed by atoms with E-state index in [-0.39, 0.29) is 17.7 Å². The van der Waals surface area contributed by atoms with Crippen molar-refractivity contribution in [2.24, 2.45) is 0 Å². The highest BCUT2D eigenvalue weighted by Gasteiger charge is 2.51. The van der Waals surface area contributed by atoms with Crippen LogP contribution in [0.5, 0.6) is 0 Å². The van der Waals surface area contributed by atoms with Gasteiger partial charge in [0.15, 0.2) is 0 Å². The number of rotatable bonds is 1. The minimum Gasteiger partial charge on any atom is -0.423 e. The maximum atomic E-state index is 12.0. The van der Waals surface area contributed by atoms with Gasteiger partial charge in [0.25, 0.3) is 0 Å². The first-order valence-corrected chi connectivity index (χ1v) is 9.07. The molecule has 0 aromatic rings. The van der Waals surface area contributed by atoms with Gasteiger partial charge in [-0.1, -0.05) is 11.6 Å². The van der Waals surface area contributed by atoms with Crippen LogP contribution in [0.3, 0.4) is 0 Å². The fourth-order valence-corrected chi connectivity index (χ4v) is 3.72. The predicted molar refractivity (Wildman–Crippen MR) is 93.7 cm³/mol. The molecular formula is C20H28O5. The molecule has 3 unspecified atom stereocenters. The average Bonchev–Trinajstić information content (AvgIpc) is 3.14. The highest BCUT2D eigenvalue weighted by molar-refractivity contribution is 5.93. The summed E-state index contributed by atoms with van der Waals surface area (Å²) in [5, 5.41) is 9.46. The Morgan fingerprint density at radius 3 is 2.72 bits per heavy atom. The number of hydrogen-bond donors (Lipinski definition) is 1. The van der Waals surface area contributed by atoms with Crippen molar-refractivity contribution in [3.63, 3.8) is 0 Å². The number of hydrogen-bond acceptors (Lipinski definition) is 5. The molecule has 5 heteroatoms. The standard InChI is InChI=1S/C20H28O5/c1-13-6-5-10-20(4)17(24-20)9-11-19(3,25-22)12-16-15(8-7-13)14(2)18(21)23-16/h6,12,17,22H,5,7-11H2,1-4H3. The number of allylic oxidation sites excluding steroid dienone is 3. The lowest BCUT2D eigenvalue weighted by Crippen LogP contribution is -2.27. The van der Waals surface area contributed by atoms with Crippen molar-refractivity contribution in [1.29, 1.82) is 0 Å². The second-order valence-electron chi connectivity index (χ2n) is 7.95. The molecule has 1 aliphatic carbocycles. The third kappa shape index (κ3) is 3.89. The minimum atomic E-state index is -0.909. The molecule has 1 N–H and O–H groups in total. The molecule has 0 aromatic carbocycles. The van der Waals surface area contributed by atoms with Gasteiger partial charge in [0.1, 0.15) is 11.4 Å². The van der Waals surface area contributed by atoms with Gasteiger partial charge in [-0.2, -0.15) is 0 Å². The first-order valence-electron chi connectivity index (χ1n) is 9.07. The number of esters is 1. The van der Waals surface area contributed by atoms with Crippen LogP contribution in [0.2, 0.25) is 0 Å². The number of carbonyl (C=O) groups is 1. The van der Waals surface area contributed by atoms with E-state index in [0.29, 0.717) is 17.8 Å². The zero-order valence-corrected chi connectivity index (χ0v) is 15.6. The van der Waals surface area contributed by atoms with Gasteiger partial charge in [-0.05, 0) is 72.3 Å². The van der Waals surface area contributed by atoms with E-state index in [2.05, 4.69) is 19.9 Å². The molecule has 2 aliphatic heterocycles. The van der Waals surface area contributed by atoms with Crippen LogP contribution < -0.4 is 0 Å². The zero-order chi connectivity index (χ0) is 18.2. The largest absolute Gasteiger partial charge is 0.423 e. The van der Waals surface area contributed by atoms with Crippen molar-refractivity contribution in [3.05, 3.63) is 34.6 Å². The van der Waals surface area contributed by atoms with E-state index in [1.807, 2.05) is 0 Å². The highest BCUT2D eigenvalue weighted by atomic mass is 17.1.